The van der Waals surface area contributed by atoms with Crippen molar-refractivity contribution in [1.82, 2.24) is 4.98 Å². The quantitative estimate of drug-likeness (QED) is 0.724. The van der Waals surface area contributed by atoms with Crippen LogP contribution >= 0.6 is 0 Å². The van der Waals surface area contributed by atoms with Crippen molar-refractivity contribution >= 4 is 5.91 Å². The van der Waals surface area contributed by atoms with Crippen LogP contribution in [0.25, 0.3) is 0 Å². The largest absolute Gasteiger partial charge is 0.364 e. The van der Waals surface area contributed by atoms with Gasteiger partial charge in [-0.3, -0.25) is 9.78 Å². The van der Waals surface area contributed by atoms with E-state index in [2.05, 4.69) is 11.9 Å². The Hall–Kier alpha value is -1.38. The number of rotatable bonds is 5. The van der Waals surface area contributed by atoms with Gasteiger partial charge in [0.05, 0.1) is 0 Å². The first-order valence-corrected chi connectivity index (χ1v) is 4.98. The molecule has 1 heterocycles. The van der Waals surface area contributed by atoms with Crippen LogP contribution in [0.4, 0.5) is 0 Å². The number of nitrogens with two attached hydrogens (primary N) is 1. The average Bonchev–Trinajstić information content (AvgIpc) is 2.19. The second-order valence-corrected chi connectivity index (χ2v) is 3.37. The number of hydrogen-bond acceptors (Lipinski definition) is 2. The molecule has 1 aromatic heterocycles. The highest BCUT2D eigenvalue weighted by Crippen LogP contribution is 2.07. The number of aromatic nitrogens is 1. The van der Waals surface area contributed by atoms with Crippen LogP contribution < -0.4 is 5.73 Å². The summed E-state index contributed by atoms with van der Waals surface area (Å²) >= 11 is 0. The Morgan fingerprint density at radius 3 is 2.93 bits per heavy atom. The van der Waals surface area contributed by atoms with Crippen molar-refractivity contribution in [3.63, 3.8) is 0 Å². The van der Waals surface area contributed by atoms with Gasteiger partial charge < -0.3 is 5.73 Å². The molecule has 3 nitrogen and oxygen atoms in total. The number of pyridine rings is 1. The third kappa shape index (κ3) is 3.17. The van der Waals surface area contributed by atoms with Gasteiger partial charge in [-0.1, -0.05) is 19.8 Å². The van der Waals surface area contributed by atoms with Crippen LogP contribution in [-0.4, -0.2) is 10.9 Å². The molecule has 0 aliphatic carbocycles. The third-order valence-corrected chi connectivity index (χ3v) is 2.15. The van der Waals surface area contributed by atoms with Crippen LogP contribution in [0.2, 0.25) is 0 Å². The summed E-state index contributed by atoms with van der Waals surface area (Å²) in [5.74, 6) is -0.456. The zero-order valence-corrected chi connectivity index (χ0v) is 8.49. The zero-order valence-electron chi connectivity index (χ0n) is 8.49. The first-order valence-electron chi connectivity index (χ1n) is 4.98. The van der Waals surface area contributed by atoms with E-state index in [-0.39, 0.29) is 0 Å². The topological polar surface area (TPSA) is 56.0 Å². The summed E-state index contributed by atoms with van der Waals surface area (Å²) < 4.78 is 0. The van der Waals surface area contributed by atoms with Crippen molar-refractivity contribution in [2.45, 2.75) is 32.6 Å². The molecule has 0 radical (unpaired) electrons. The van der Waals surface area contributed by atoms with Crippen molar-refractivity contribution in [1.29, 1.82) is 0 Å². The first kappa shape index (κ1) is 10.7. The molecule has 0 fully saturated rings. The lowest BCUT2D eigenvalue weighted by atomic mass is 10.1. The number of nitrogens with zero attached hydrogens (tertiary/aromatic N) is 1. The number of unbranched alkanes of at least 4 members (excludes halogenated alkanes) is 2. The minimum atomic E-state index is -0.456. The summed E-state index contributed by atoms with van der Waals surface area (Å²) in [5.41, 5.74) is 6.64. The Morgan fingerprint density at radius 1 is 1.50 bits per heavy atom. The smallest absolute Gasteiger partial charge is 0.267 e. The number of hydrogen-bond donors (Lipinski definition) is 1. The van der Waals surface area contributed by atoms with Crippen LogP contribution in [0.5, 0.6) is 0 Å². The molecule has 0 aromatic carbocycles. The Labute approximate surface area is 84.3 Å². The van der Waals surface area contributed by atoms with Crippen LogP contribution in [0.1, 0.15) is 42.2 Å². The maximum Gasteiger partial charge on any atom is 0.267 e. The number of carbonyl (C=O) groups excluding carboxylic acids is 1. The second kappa shape index (κ2) is 5.37. The molecule has 1 aromatic rings. The van der Waals surface area contributed by atoms with E-state index in [0.717, 1.165) is 18.4 Å². The standard InChI is InChI=1S/C11H16N2O/c1-2-3-4-5-9-6-7-13-10(8-9)11(12)14/h6-8H,2-5H2,1H3,(H2,12,14). The number of primary amides is 1. The van der Waals surface area contributed by atoms with Gasteiger partial charge in [-0.25, -0.2) is 0 Å². The SMILES string of the molecule is CCCCCc1ccnc(C(N)=O)c1. The predicted octanol–water partition coefficient (Wildman–Crippen LogP) is 1.91. The van der Waals surface area contributed by atoms with E-state index in [4.69, 9.17) is 5.73 Å². The molecule has 1 rings (SSSR count). The molecule has 2 N–H and O–H groups in total. The fourth-order valence-corrected chi connectivity index (χ4v) is 1.34. The highest BCUT2D eigenvalue weighted by molar-refractivity contribution is 5.90. The average molecular weight is 192 g/mol. The molecule has 0 saturated heterocycles. The minimum absolute atomic E-state index is 0.360. The van der Waals surface area contributed by atoms with Gasteiger partial charge in [0.1, 0.15) is 5.69 Å². The van der Waals surface area contributed by atoms with Gasteiger partial charge >= 0.3 is 0 Å². The van der Waals surface area contributed by atoms with Crippen molar-refractivity contribution in [3.8, 4) is 0 Å². The maximum atomic E-state index is 10.8. The van der Waals surface area contributed by atoms with E-state index in [9.17, 15) is 4.79 Å². The Bertz CT molecular complexity index is 310. The molecular formula is C11H16N2O. The number of carbonyl (C=O) groups is 1. The molecule has 0 aliphatic rings. The molecule has 0 unspecified atom stereocenters. The molecule has 3 heteroatoms. The maximum absolute atomic E-state index is 10.8. The van der Waals surface area contributed by atoms with Gasteiger partial charge in [-0.05, 0) is 30.5 Å². The molecule has 14 heavy (non-hydrogen) atoms. The molecular weight excluding hydrogens is 176 g/mol. The van der Waals surface area contributed by atoms with E-state index in [1.165, 1.54) is 12.8 Å². The van der Waals surface area contributed by atoms with Crippen molar-refractivity contribution < 1.29 is 4.79 Å². The summed E-state index contributed by atoms with van der Waals surface area (Å²) in [7, 11) is 0. The normalized spacial score (nSPS) is 10.1. The first-order chi connectivity index (χ1) is 6.74. The van der Waals surface area contributed by atoms with Crippen LogP contribution in [0, 0.1) is 0 Å². The summed E-state index contributed by atoms with van der Waals surface area (Å²) in [6.45, 7) is 2.17. The molecule has 0 aliphatic heterocycles. The lowest BCUT2D eigenvalue weighted by molar-refractivity contribution is 0.0995. The van der Waals surface area contributed by atoms with E-state index in [1.807, 2.05) is 6.07 Å². The third-order valence-electron chi connectivity index (χ3n) is 2.15. The summed E-state index contributed by atoms with van der Waals surface area (Å²) in [6, 6.07) is 3.71. The second-order valence-electron chi connectivity index (χ2n) is 3.37. The van der Waals surface area contributed by atoms with Gasteiger partial charge in [0.25, 0.3) is 5.91 Å². The van der Waals surface area contributed by atoms with Gasteiger partial charge in [0.2, 0.25) is 0 Å². The lowest BCUT2D eigenvalue weighted by Gasteiger charge is -2.01. The van der Waals surface area contributed by atoms with Crippen molar-refractivity contribution in [2.75, 3.05) is 0 Å². The summed E-state index contributed by atoms with van der Waals surface area (Å²) in [4.78, 5) is 14.7. The van der Waals surface area contributed by atoms with Gasteiger partial charge in [0, 0.05) is 6.20 Å². The Kier molecular flexibility index (Phi) is 4.11. The number of amides is 1. The highest BCUT2D eigenvalue weighted by atomic mass is 16.1. The lowest BCUT2D eigenvalue weighted by Crippen LogP contribution is -2.13. The summed E-state index contributed by atoms with van der Waals surface area (Å²) in [5, 5.41) is 0. The fraction of sp³-hybridized carbons (Fsp3) is 0.455. The Balaban J connectivity index is 2.59. The predicted molar refractivity (Wildman–Crippen MR) is 56.0 cm³/mol. The monoisotopic (exact) mass is 192 g/mol. The highest BCUT2D eigenvalue weighted by Gasteiger charge is 2.02. The van der Waals surface area contributed by atoms with E-state index < -0.39 is 5.91 Å². The minimum Gasteiger partial charge on any atom is -0.364 e. The number of aryl methyl sites for hydroxylation is 1. The molecule has 0 saturated carbocycles. The molecule has 0 spiro atoms. The van der Waals surface area contributed by atoms with E-state index in [0.29, 0.717) is 5.69 Å². The van der Waals surface area contributed by atoms with Crippen LogP contribution in [-0.2, 0) is 6.42 Å². The molecule has 0 atom stereocenters. The van der Waals surface area contributed by atoms with E-state index >= 15 is 0 Å². The Morgan fingerprint density at radius 2 is 2.29 bits per heavy atom. The van der Waals surface area contributed by atoms with Gasteiger partial charge in [0.15, 0.2) is 0 Å². The zero-order chi connectivity index (χ0) is 10.4. The van der Waals surface area contributed by atoms with Gasteiger partial charge in [-0.2, -0.15) is 0 Å². The van der Waals surface area contributed by atoms with Gasteiger partial charge in [-0.15, -0.1) is 0 Å². The molecule has 0 bridgehead atoms. The van der Waals surface area contributed by atoms with Crippen molar-refractivity contribution in [3.05, 3.63) is 29.6 Å². The van der Waals surface area contributed by atoms with Crippen LogP contribution in [0.3, 0.4) is 0 Å². The van der Waals surface area contributed by atoms with Crippen LogP contribution in [0.15, 0.2) is 18.3 Å². The summed E-state index contributed by atoms with van der Waals surface area (Å²) in [6.07, 6.45) is 6.21. The van der Waals surface area contributed by atoms with E-state index in [1.54, 1.807) is 12.3 Å². The molecule has 1 amide bonds. The fourth-order valence-electron chi connectivity index (χ4n) is 1.34. The van der Waals surface area contributed by atoms with Crippen molar-refractivity contribution in [2.24, 2.45) is 5.73 Å². The molecule has 76 valence electrons.